The summed E-state index contributed by atoms with van der Waals surface area (Å²) in [5.41, 5.74) is 11.3. The molecule has 0 radical (unpaired) electrons. The molecule has 0 aliphatic rings. The van der Waals surface area contributed by atoms with E-state index >= 15 is 0 Å². The van der Waals surface area contributed by atoms with E-state index in [1.165, 1.54) is 33.0 Å². The number of aromatic nitrogens is 2. The fraction of sp³-hybridized carbons (Fsp3) is 0.0278. The van der Waals surface area contributed by atoms with Crippen LogP contribution >= 0.6 is 0 Å². The molecular formula is C36H26N2. The van der Waals surface area contributed by atoms with Gasteiger partial charge in [-0.15, -0.1) is 0 Å². The van der Waals surface area contributed by atoms with Gasteiger partial charge in [0.2, 0.25) is 0 Å². The second kappa shape index (κ2) is 9.17. The second-order valence-corrected chi connectivity index (χ2v) is 9.75. The smallest absolute Gasteiger partial charge is 0.0956 e. The Hall–Kier alpha value is -4.95. The zero-order valence-corrected chi connectivity index (χ0v) is 21.2. The van der Waals surface area contributed by atoms with Gasteiger partial charge in [-0.25, -0.2) is 4.98 Å². The largest absolute Gasteiger partial charge is 0.307 e. The van der Waals surface area contributed by atoms with Gasteiger partial charge in [0.1, 0.15) is 0 Å². The van der Waals surface area contributed by atoms with Crippen molar-refractivity contribution in [3.8, 4) is 39.3 Å². The first kappa shape index (κ1) is 22.3. The summed E-state index contributed by atoms with van der Waals surface area (Å²) < 4.78 is 2.37. The molecule has 0 fully saturated rings. The maximum atomic E-state index is 5.28. The Morgan fingerprint density at radius 2 is 1.08 bits per heavy atom. The third-order valence-electron chi connectivity index (χ3n) is 7.28. The molecule has 0 saturated heterocycles. The van der Waals surface area contributed by atoms with Crippen LogP contribution in [0.1, 0.15) is 5.56 Å². The predicted octanol–water partition coefficient (Wildman–Crippen LogP) is 9.49. The molecule has 7 aromatic rings. The molecule has 0 amide bonds. The summed E-state index contributed by atoms with van der Waals surface area (Å²) in [5.74, 6) is 0. The predicted molar refractivity (Wildman–Crippen MR) is 160 cm³/mol. The monoisotopic (exact) mass is 486 g/mol. The molecule has 0 N–H and O–H groups in total. The topological polar surface area (TPSA) is 17.8 Å². The van der Waals surface area contributed by atoms with Gasteiger partial charge in [-0.05, 0) is 42.3 Å². The maximum Gasteiger partial charge on any atom is 0.0956 e. The number of benzene rings is 5. The SMILES string of the molecule is Cc1ccc(-c2ccc(-n3c4ccccc4c4cc(-c5ccccc5)nc(-c5ccccc5)c43)cc2)cc1. The summed E-state index contributed by atoms with van der Waals surface area (Å²) in [6, 6.07) is 49.5. The first-order valence-electron chi connectivity index (χ1n) is 13.0. The lowest BCUT2D eigenvalue weighted by molar-refractivity contribution is 1.17. The van der Waals surface area contributed by atoms with E-state index in [4.69, 9.17) is 4.98 Å². The summed E-state index contributed by atoms with van der Waals surface area (Å²) in [6.07, 6.45) is 0. The number of hydrogen-bond acceptors (Lipinski definition) is 1. The van der Waals surface area contributed by atoms with E-state index in [1.54, 1.807) is 0 Å². The van der Waals surface area contributed by atoms with Crippen molar-refractivity contribution in [3.63, 3.8) is 0 Å². The van der Waals surface area contributed by atoms with Gasteiger partial charge in [-0.2, -0.15) is 0 Å². The molecule has 7 rings (SSSR count). The van der Waals surface area contributed by atoms with Gasteiger partial charge in [0.05, 0.1) is 22.4 Å². The Kier molecular flexibility index (Phi) is 5.37. The van der Waals surface area contributed by atoms with Gasteiger partial charge in [0.25, 0.3) is 0 Å². The van der Waals surface area contributed by atoms with Gasteiger partial charge in [0, 0.05) is 27.6 Å². The quantitative estimate of drug-likeness (QED) is 0.242. The number of rotatable bonds is 4. The summed E-state index contributed by atoms with van der Waals surface area (Å²) in [7, 11) is 0. The molecule has 0 bridgehead atoms. The van der Waals surface area contributed by atoms with E-state index in [9.17, 15) is 0 Å². The van der Waals surface area contributed by atoms with Crippen molar-refractivity contribution < 1.29 is 0 Å². The van der Waals surface area contributed by atoms with Crippen LogP contribution < -0.4 is 0 Å². The Bertz CT molecular complexity index is 1880. The van der Waals surface area contributed by atoms with Crippen LogP contribution in [0.2, 0.25) is 0 Å². The second-order valence-electron chi connectivity index (χ2n) is 9.75. The number of hydrogen-bond donors (Lipinski definition) is 0. The normalized spacial score (nSPS) is 11.3. The Labute approximate surface area is 222 Å². The number of nitrogens with zero attached hydrogens (tertiary/aromatic N) is 2. The number of fused-ring (bicyclic) bond motifs is 3. The molecule has 2 nitrogen and oxygen atoms in total. The van der Waals surface area contributed by atoms with Crippen molar-refractivity contribution >= 4 is 21.8 Å². The van der Waals surface area contributed by atoms with Crippen molar-refractivity contribution in [1.82, 2.24) is 9.55 Å². The average molecular weight is 487 g/mol. The highest BCUT2D eigenvalue weighted by Gasteiger charge is 2.19. The fourth-order valence-corrected chi connectivity index (χ4v) is 5.36. The molecular weight excluding hydrogens is 460 g/mol. The first-order valence-corrected chi connectivity index (χ1v) is 13.0. The standard InChI is InChI=1S/C36H26N2/c1-25-16-18-26(19-17-25)27-20-22-30(23-21-27)38-34-15-9-8-14-31(34)32-24-33(28-10-4-2-5-11-28)37-35(36(32)38)29-12-6-3-7-13-29/h2-24H,1H3. The first-order chi connectivity index (χ1) is 18.8. The minimum Gasteiger partial charge on any atom is -0.307 e. The molecule has 180 valence electrons. The number of aryl methyl sites for hydroxylation is 1. The minimum atomic E-state index is 0.981. The Morgan fingerprint density at radius 3 is 1.76 bits per heavy atom. The van der Waals surface area contributed by atoms with Crippen molar-refractivity contribution in [1.29, 1.82) is 0 Å². The molecule has 2 aromatic heterocycles. The van der Waals surface area contributed by atoms with E-state index in [2.05, 4.69) is 145 Å². The Balaban J connectivity index is 1.51. The molecule has 0 aliphatic carbocycles. The lowest BCUT2D eigenvalue weighted by Crippen LogP contribution is -1.98. The van der Waals surface area contributed by atoms with Crippen molar-refractivity contribution in [3.05, 3.63) is 145 Å². The van der Waals surface area contributed by atoms with E-state index < -0.39 is 0 Å². The van der Waals surface area contributed by atoms with Gasteiger partial charge in [0.15, 0.2) is 0 Å². The highest BCUT2D eigenvalue weighted by molar-refractivity contribution is 6.14. The lowest BCUT2D eigenvalue weighted by Gasteiger charge is -2.13. The number of para-hydroxylation sites is 1. The van der Waals surface area contributed by atoms with Crippen LogP contribution in [0.25, 0.3) is 61.1 Å². The van der Waals surface area contributed by atoms with E-state index in [1.807, 2.05) is 6.07 Å². The molecule has 0 saturated carbocycles. The van der Waals surface area contributed by atoms with Crippen LogP contribution in [0.3, 0.4) is 0 Å². The number of pyridine rings is 1. The minimum absolute atomic E-state index is 0.981. The van der Waals surface area contributed by atoms with E-state index in [0.717, 1.165) is 33.7 Å². The third kappa shape index (κ3) is 3.79. The van der Waals surface area contributed by atoms with E-state index in [-0.39, 0.29) is 0 Å². The zero-order valence-electron chi connectivity index (χ0n) is 21.2. The summed E-state index contributed by atoms with van der Waals surface area (Å²) in [6.45, 7) is 2.12. The summed E-state index contributed by atoms with van der Waals surface area (Å²) >= 11 is 0. The maximum absolute atomic E-state index is 5.28. The Morgan fingerprint density at radius 1 is 0.500 bits per heavy atom. The average Bonchev–Trinajstić information content (AvgIpc) is 3.32. The van der Waals surface area contributed by atoms with Gasteiger partial charge < -0.3 is 4.57 Å². The van der Waals surface area contributed by atoms with Crippen LogP contribution in [0, 0.1) is 6.92 Å². The van der Waals surface area contributed by atoms with Gasteiger partial charge >= 0.3 is 0 Å². The van der Waals surface area contributed by atoms with Crippen LogP contribution in [0.4, 0.5) is 0 Å². The van der Waals surface area contributed by atoms with Crippen molar-refractivity contribution in [2.75, 3.05) is 0 Å². The van der Waals surface area contributed by atoms with E-state index in [0.29, 0.717) is 0 Å². The molecule has 0 unspecified atom stereocenters. The molecule has 0 aliphatic heterocycles. The molecule has 5 aromatic carbocycles. The molecule has 2 heterocycles. The highest BCUT2D eigenvalue weighted by Crippen LogP contribution is 2.39. The van der Waals surface area contributed by atoms with Crippen LogP contribution in [0.15, 0.2) is 140 Å². The molecule has 0 spiro atoms. The van der Waals surface area contributed by atoms with Crippen LogP contribution in [-0.4, -0.2) is 9.55 Å². The van der Waals surface area contributed by atoms with Crippen LogP contribution in [-0.2, 0) is 0 Å². The zero-order chi connectivity index (χ0) is 25.5. The lowest BCUT2D eigenvalue weighted by atomic mass is 10.0. The van der Waals surface area contributed by atoms with Crippen molar-refractivity contribution in [2.24, 2.45) is 0 Å². The highest BCUT2D eigenvalue weighted by atomic mass is 15.0. The van der Waals surface area contributed by atoms with Crippen molar-refractivity contribution in [2.45, 2.75) is 6.92 Å². The summed E-state index contributed by atoms with van der Waals surface area (Å²) in [4.78, 5) is 5.28. The van der Waals surface area contributed by atoms with Gasteiger partial charge in [-0.3, -0.25) is 0 Å². The van der Waals surface area contributed by atoms with Crippen LogP contribution in [0.5, 0.6) is 0 Å². The third-order valence-corrected chi connectivity index (χ3v) is 7.28. The fourth-order valence-electron chi connectivity index (χ4n) is 5.36. The molecule has 38 heavy (non-hydrogen) atoms. The summed E-state index contributed by atoms with van der Waals surface area (Å²) in [5, 5.41) is 2.43. The van der Waals surface area contributed by atoms with Gasteiger partial charge in [-0.1, -0.05) is 121 Å². The molecule has 0 atom stereocenters. The molecule has 2 heteroatoms.